The topological polar surface area (TPSA) is 35.5 Å². The number of rotatable bonds is 5. The Kier molecular flexibility index (Phi) is 4.90. The second-order valence-corrected chi connectivity index (χ2v) is 3.62. The highest BCUT2D eigenvalue weighted by atomic mass is 35.5. The Balaban J connectivity index is 3.23. The average Bonchev–Trinajstić information content (AvgIpc) is 2.23. The Bertz CT molecular complexity index is 391. The van der Waals surface area contributed by atoms with Crippen LogP contribution in [0.1, 0.15) is 24.2 Å². The minimum absolute atomic E-state index is 0.188. The van der Waals surface area contributed by atoms with Crippen LogP contribution >= 0.6 is 23.2 Å². The molecule has 0 aliphatic rings. The fourth-order valence-electron chi connectivity index (χ4n) is 1.24. The van der Waals surface area contributed by atoms with Gasteiger partial charge in [-0.2, -0.15) is 0 Å². The van der Waals surface area contributed by atoms with E-state index in [1.54, 1.807) is 6.07 Å². The second-order valence-electron chi connectivity index (χ2n) is 2.89. The Morgan fingerprint density at radius 3 is 2.38 bits per heavy atom. The molecule has 0 aliphatic carbocycles. The summed E-state index contributed by atoms with van der Waals surface area (Å²) in [6, 6.07) is 3.14. The summed E-state index contributed by atoms with van der Waals surface area (Å²) in [5, 5.41) is -0.429. The first-order valence-corrected chi connectivity index (χ1v) is 5.65. The van der Waals surface area contributed by atoms with E-state index in [4.69, 9.17) is 32.7 Å². The Labute approximate surface area is 104 Å². The van der Waals surface area contributed by atoms with Gasteiger partial charge in [0.2, 0.25) is 0 Å². The van der Waals surface area contributed by atoms with Gasteiger partial charge in [0.05, 0.1) is 23.8 Å². The first kappa shape index (κ1) is 13.1. The van der Waals surface area contributed by atoms with Gasteiger partial charge in [-0.15, -0.1) is 0 Å². The molecule has 3 nitrogen and oxygen atoms in total. The molecule has 0 saturated heterocycles. The van der Waals surface area contributed by atoms with Crippen molar-refractivity contribution in [3.8, 4) is 11.5 Å². The summed E-state index contributed by atoms with van der Waals surface area (Å²) < 4.78 is 10.7. The summed E-state index contributed by atoms with van der Waals surface area (Å²) >= 11 is 11.4. The van der Waals surface area contributed by atoms with Gasteiger partial charge < -0.3 is 9.47 Å². The molecular weight excluding hydrogens is 251 g/mol. The third-order valence-corrected chi connectivity index (χ3v) is 2.44. The van der Waals surface area contributed by atoms with Crippen LogP contribution in [0.4, 0.5) is 0 Å². The first-order valence-electron chi connectivity index (χ1n) is 4.89. The van der Waals surface area contributed by atoms with Gasteiger partial charge >= 0.3 is 0 Å². The average molecular weight is 263 g/mol. The Hall–Kier alpha value is -0.930. The zero-order valence-corrected chi connectivity index (χ0v) is 10.6. The van der Waals surface area contributed by atoms with Crippen molar-refractivity contribution < 1.29 is 14.3 Å². The Morgan fingerprint density at radius 1 is 1.25 bits per heavy atom. The molecule has 0 aromatic heterocycles. The van der Waals surface area contributed by atoms with Crippen molar-refractivity contribution in [3.63, 3.8) is 0 Å². The number of ether oxygens (including phenoxy) is 2. The smallest absolute Gasteiger partial charge is 0.254 e. The van der Waals surface area contributed by atoms with E-state index in [0.717, 1.165) is 0 Å². The molecule has 0 unspecified atom stereocenters. The third kappa shape index (κ3) is 2.80. The predicted octanol–water partition coefficient (Wildman–Crippen LogP) is 3.52. The highest BCUT2D eigenvalue weighted by Gasteiger charge is 2.17. The zero-order valence-electron chi connectivity index (χ0n) is 9.05. The quantitative estimate of drug-likeness (QED) is 0.762. The van der Waals surface area contributed by atoms with Gasteiger partial charge in [-0.1, -0.05) is 11.6 Å². The van der Waals surface area contributed by atoms with Gasteiger partial charge in [-0.3, -0.25) is 4.79 Å². The summed E-state index contributed by atoms with van der Waals surface area (Å²) in [7, 11) is 0. The standard InChI is InChI=1S/C11H12Cl2O3/c1-3-15-8-6-5-7(11(13)14)9(12)10(8)16-4-2/h5-6H,3-4H2,1-2H3. The summed E-state index contributed by atoms with van der Waals surface area (Å²) in [6.45, 7) is 4.59. The van der Waals surface area contributed by atoms with E-state index in [0.29, 0.717) is 24.7 Å². The molecule has 0 heterocycles. The van der Waals surface area contributed by atoms with Crippen molar-refractivity contribution in [1.82, 2.24) is 0 Å². The highest BCUT2D eigenvalue weighted by molar-refractivity contribution is 6.68. The molecule has 0 spiro atoms. The van der Waals surface area contributed by atoms with Crippen molar-refractivity contribution >= 4 is 28.4 Å². The van der Waals surface area contributed by atoms with Crippen molar-refractivity contribution in [1.29, 1.82) is 0 Å². The molecule has 5 heteroatoms. The van der Waals surface area contributed by atoms with E-state index in [1.165, 1.54) is 6.07 Å². The van der Waals surface area contributed by atoms with Gasteiger partial charge in [0.1, 0.15) is 0 Å². The van der Waals surface area contributed by atoms with Crippen molar-refractivity contribution in [3.05, 3.63) is 22.7 Å². The number of carbonyl (C=O) groups is 1. The summed E-state index contributed by atoms with van der Waals surface area (Å²) in [5.74, 6) is 0.869. The first-order chi connectivity index (χ1) is 7.61. The van der Waals surface area contributed by atoms with Gasteiger partial charge in [0.15, 0.2) is 11.5 Å². The Morgan fingerprint density at radius 2 is 1.88 bits per heavy atom. The molecule has 0 fully saturated rings. The number of hydrogen-bond donors (Lipinski definition) is 0. The highest BCUT2D eigenvalue weighted by Crippen LogP contribution is 2.38. The maximum atomic E-state index is 11.1. The van der Waals surface area contributed by atoms with Gasteiger partial charge in [-0.25, -0.2) is 0 Å². The summed E-state index contributed by atoms with van der Waals surface area (Å²) in [6.07, 6.45) is 0. The number of carbonyl (C=O) groups excluding carboxylic acids is 1. The fraction of sp³-hybridized carbons (Fsp3) is 0.364. The van der Waals surface area contributed by atoms with E-state index < -0.39 is 5.24 Å². The molecule has 0 atom stereocenters. The van der Waals surface area contributed by atoms with E-state index in [9.17, 15) is 4.79 Å². The number of halogens is 2. The van der Waals surface area contributed by atoms with Crippen LogP contribution in [-0.2, 0) is 0 Å². The molecule has 1 rings (SSSR count). The fourth-order valence-corrected chi connectivity index (χ4v) is 1.74. The molecule has 16 heavy (non-hydrogen) atoms. The summed E-state index contributed by atoms with van der Waals surface area (Å²) in [5.41, 5.74) is 0.218. The van der Waals surface area contributed by atoms with Crippen LogP contribution in [0.15, 0.2) is 12.1 Å². The SMILES string of the molecule is CCOc1ccc(C(=O)Cl)c(Cl)c1OCC. The molecule has 0 saturated carbocycles. The molecule has 88 valence electrons. The predicted molar refractivity (Wildman–Crippen MR) is 64.0 cm³/mol. The van der Waals surface area contributed by atoms with E-state index >= 15 is 0 Å². The number of benzene rings is 1. The molecule has 0 radical (unpaired) electrons. The maximum absolute atomic E-state index is 11.1. The molecule has 1 aromatic carbocycles. The van der Waals surface area contributed by atoms with Crippen molar-refractivity contribution in [2.45, 2.75) is 13.8 Å². The molecule has 0 aliphatic heterocycles. The van der Waals surface area contributed by atoms with Crippen LogP contribution in [-0.4, -0.2) is 18.5 Å². The molecular formula is C11H12Cl2O3. The van der Waals surface area contributed by atoms with E-state index in [2.05, 4.69) is 0 Å². The third-order valence-electron chi connectivity index (χ3n) is 1.86. The van der Waals surface area contributed by atoms with Crippen LogP contribution in [0.25, 0.3) is 0 Å². The lowest BCUT2D eigenvalue weighted by molar-refractivity contribution is 0.108. The van der Waals surface area contributed by atoms with Crippen molar-refractivity contribution in [2.24, 2.45) is 0 Å². The van der Waals surface area contributed by atoms with Crippen molar-refractivity contribution in [2.75, 3.05) is 13.2 Å². The van der Waals surface area contributed by atoms with Gasteiger partial charge in [-0.05, 0) is 37.6 Å². The van der Waals surface area contributed by atoms with E-state index in [-0.39, 0.29) is 10.6 Å². The lowest BCUT2D eigenvalue weighted by Crippen LogP contribution is -2.01. The lowest BCUT2D eigenvalue weighted by atomic mass is 10.2. The largest absolute Gasteiger partial charge is 0.490 e. The van der Waals surface area contributed by atoms with Crippen LogP contribution < -0.4 is 9.47 Å². The van der Waals surface area contributed by atoms with Crippen LogP contribution in [0.5, 0.6) is 11.5 Å². The summed E-state index contributed by atoms with van der Waals surface area (Å²) in [4.78, 5) is 11.1. The maximum Gasteiger partial charge on any atom is 0.254 e. The molecule has 1 aromatic rings. The normalized spacial score (nSPS) is 10.0. The van der Waals surface area contributed by atoms with Gasteiger partial charge in [0.25, 0.3) is 5.24 Å². The minimum Gasteiger partial charge on any atom is -0.490 e. The van der Waals surface area contributed by atoms with Gasteiger partial charge in [0, 0.05) is 0 Å². The lowest BCUT2D eigenvalue weighted by Gasteiger charge is -2.13. The number of hydrogen-bond acceptors (Lipinski definition) is 3. The zero-order chi connectivity index (χ0) is 12.1. The molecule has 0 amide bonds. The minimum atomic E-state index is -0.617. The van der Waals surface area contributed by atoms with Crippen LogP contribution in [0.3, 0.4) is 0 Å². The molecule has 0 N–H and O–H groups in total. The monoisotopic (exact) mass is 262 g/mol. The molecule has 0 bridgehead atoms. The van der Waals surface area contributed by atoms with Crippen LogP contribution in [0.2, 0.25) is 5.02 Å². The second kappa shape index (κ2) is 5.97. The van der Waals surface area contributed by atoms with E-state index in [1.807, 2.05) is 13.8 Å². The van der Waals surface area contributed by atoms with Crippen LogP contribution in [0, 0.1) is 0 Å².